The van der Waals surface area contributed by atoms with E-state index < -0.39 is 34.5 Å². The Bertz CT molecular complexity index is 965. The number of nitrogens with zero attached hydrogens (tertiary/aromatic N) is 2. The molecule has 1 radical (unpaired) electrons. The van der Waals surface area contributed by atoms with Crippen molar-refractivity contribution in [2.24, 2.45) is 9.98 Å². The largest absolute Gasteiger partial charge is 4.00 e. The van der Waals surface area contributed by atoms with Crippen LogP contribution >= 0.6 is 0 Å². The second-order valence-corrected chi connectivity index (χ2v) is 7.69. The summed E-state index contributed by atoms with van der Waals surface area (Å²) < 4.78 is 0. The van der Waals surface area contributed by atoms with Crippen LogP contribution in [0, 0.1) is 0 Å². The summed E-state index contributed by atoms with van der Waals surface area (Å²) in [5, 5.41) is 42.6. The van der Waals surface area contributed by atoms with Crippen molar-refractivity contribution in [1.29, 1.82) is 0 Å². The molecule has 0 saturated carbocycles. The third kappa shape index (κ3) is 7.16. The van der Waals surface area contributed by atoms with Gasteiger partial charge >= 0.3 is 30.5 Å². The van der Waals surface area contributed by atoms with Gasteiger partial charge in [0, 0.05) is 12.4 Å². The first-order valence-electron chi connectivity index (χ1n) is 9.04. The number of hydrogen-bond acceptors (Lipinski definition) is 6. The molecule has 2 rings (SSSR count). The SMILES string of the molecule is CC(C)(N=Cc1cccc(C(=O)O)c1[O-])C(C)(C)N=Cc1cccc(C(=O)O)c1[O-].O.[O-2].[V+4]. The Kier molecular flexibility index (Phi) is 11.8. The van der Waals surface area contributed by atoms with Gasteiger partial charge in [-0.25, -0.2) is 9.59 Å². The summed E-state index contributed by atoms with van der Waals surface area (Å²) in [6.45, 7) is 7.10. The van der Waals surface area contributed by atoms with Gasteiger partial charge < -0.3 is 31.4 Å². The van der Waals surface area contributed by atoms with Gasteiger partial charge in [0.05, 0.1) is 22.2 Å². The minimum Gasteiger partial charge on any atom is -2.00 e. The van der Waals surface area contributed by atoms with Gasteiger partial charge in [0.2, 0.25) is 0 Å². The molecule has 4 N–H and O–H groups in total. The van der Waals surface area contributed by atoms with Crippen molar-refractivity contribution < 1.29 is 59.5 Å². The van der Waals surface area contributed by atoms with Crippen LogP contribution in [0.2, 0.25) is 0 Å². The molecule has 0 fully saturated rings. The molecule has 0 aliphatic heterocycles. The number of aliphatic imine (C=N–C) groups is 2. The van der Waals surface area contributed by atoms with Crippen LogP contribution in [0.3, 0.4) is 0 Å². The third-order valence-electron chi connectivity index (χ3n) is 5.10. The van der Waals surface area contributed by atoms with Crippen molar-refractivity contribution >= 4 is 24.4 Å². The van der Waals surface area contributed by atoms with Gasteiger partial charge in [-0.15, -0.1) is 0 Å². The quantitative estimate of drug-likeness (QED) is 0.542. The van der Waals surface area contributed by atoms with Crippen LogP contribution in [0.5, 0.6) is 11.5 Å². The fourth-order valence-corrected chi connectivity index (χ4v) is 2.43. The molecule has 0 aliphatic rings. The summed E-state index contributed by atoms with van der Waals surface area (Å²) in [6, 6.07) is 8.35. The fourth-order valence-electron chi connectivity index (χ4n) is 2.43. The molecular formula is C22H24N2O8V. The van der Waals surface area contributed by atoms with E-state index in [4.69, 9.17) is 10.2 Å². The van der Waals surface area contributed by atoms with E-state index in [-0.39, 0.29) is 51.8 Å². The minimum absolute atomic E-state index is 0. The molecule has 0 unspecified atom stereocenters. The monoisotopic (exact) mass is 495 g/mol. The van der Waals surface area contributed by atoms with Crippen LogP contribution in [0.4, 0.5) is 0 Å². The average Bonchev–Trinajstić information content (AvgIpc) is 2.65. The maximum atomic E-state index is 12.2. The molecular weight excluding hydrogens is 471 g/mol. The number of para-hydroxylation sites is 2. The molecule has 11 heteroatoms. The smallest absolute Gasteiger partial charge is 2.00 e. The second kappa shape index (κ2) is 12.2. The van der Waals surface area contributed by atoms with E-state index in [9.17, 15) is 19.8 Å². The zero-order chi connectivity index (χ0) is 22.7. The van der Waals surface area contributed by atoms with Crippen molar-refractivity contribution in [2.75, 3.05) is 0 Å². The summed E-state index contributed by atoms with van der Waals surface area (Å²) in [4.78, 5) is 31.1. The molecule has 0 spiro atoms. The first kappa shape index (κ1) is 32.0. The fraction of sp³-hybridized carbons (Fsp3) is 0.273. The topological polar surface area (TPSA) is 205 Å². The summed E-state index contributed by atoms with van der Waals surface area (Å²) in [7, 11) is 0. The molecule has 0 heterocycles. The molecule has 2 aromatic carbocycles. The normalized spacial score (nSPS) is 11.4. The van der Waals surface area contributed by atoms with E-state index in [1.807, 2.05) is 0 Å². The number of carboxylic acids is 2. The Balaban J connectivity index is 0. The molecule has 175 valence electrons. The van der Waals surface area contributed by atoms with Crippen molar-refractivity contribution in [3.63, 3.8) is 0 Å². The molecule has 0 atom stereocenters. The Morgan fingerprint density at radius 2 is 1.09 bits per heavy atom. The summed E-state index contributed by atoms with van der Waals surface area (Å²) in [6.07, 6.45) is 2.63. The second-order valence-electron chi connectivity index (χ2n) is 7.69. The van der Waals surface area contributed by atoms with Crippen LogP contribution in [0.15, 0.2) is 46.4 Å². The van der Waals surface area contributed by atoms with Gasteiger partial charge in [0.15, 0.2) is 0 Å². The molecule has 0 aliphatic carbocycles. The van der Waals surface area contributed by atoms with Gasteiger partial charge in [-0.05, 0) is 51.0 Å². The number of aromatic carboxylic acids is 2. The standard InChI is InChI=1S/C22H24N2O6.H2O.O.V/c1-21(2,23-11-13-7-5-9-15(17(13)25)19(27)28)22(3,4)24-12-14-8-6-10-16(18(14)26)20(29)30;;;/h5-12,25-26H,1-4H3,(H,27,28)(H,29,30);1H2;;/q;;-2;+4/p-2. The van der Waals surface area contributed by atoms with E-state index >= 15 is 0 Å². The van der Waals surface area contributed by atoms with Gasteiger partial charge in [0.1, 0.15) is 0 Å². The summed E-state index contributed by atoms with van der Waals surface area (Å²) in [5.74, 6) is -3.88. The van der Waals surface area contributed by atoms with E-state index in [0.29, 0.717) is 0 Å². The van der Waals surface area contributed by atoms with Crippen molar-refractivity contribution in [2.45, 2.75) is 38.8 Å². The van der Waals surface area contributed by atoms with Gasteiger partial charge in [-0.2, -0.15) is 0 Å². The van der Waals surface area contributed by atoms with E-state index in [2.05, 4.69) is 9.98 Å². The van der Waals surface area contributed by atoms with Crippen LogP contribution in [0.1, 0.15) is 59.5 Å². The summed E-state index contributed by atoms with van der Waals surface area (Å²) in [5.41, 5.74) is -2.09. The minimum atomic E-state index is -1.31. The molecule has 2 aromatic rings. The van der Waals surface area contributed by atoms with Crippen LogP contribution in [0.25, 0.3) is 0 Å². The van der Waals surface area contributed by atoms with Gasteiger partial charge in [0.25, 0.3) is 0 Å². The van der Waals surface area contributed by atoms with Crippen molar-refractivity contribution in [1.82, 2.24) is 0 Å². The number of benzene rings is 2. The molecule has 33 heavy (non-hydrogen) atoms. The Hall–Kier alpha value is -3.18. The Morgan fingerprint density at radius 3 is 1.36 bits per heavy atom. The zero-order valence-electron chi connectivity index (χ0n) is 18.4. The number of hydrogen-bond donors (Lipinski definition) is 2. The van der Waals surface area contributed by atoms with Gasteiger partial charge in [-0.1, -0.05) is 35.8 Å². The first-order chi connectivity index (χ1) is 13.9. The molecule has 10 nitrogen and oxygen atoms in total. The zero-order valence-corrected chi connectivity index (χ0v) is 19.8. The van der Waals surface area contributed by atoms with Crippen molar-refractivity contribution in [3.05, 3.63) is 58.7 Å². The van der Waals surface area contributed by atoms with Gasteiger partial charge in [-0.3, -0.25) is 9.98 Å². The van der Waals surface area contributed by atoms with E-state index in [1.165, 1.54) is 48.8 Å². The third-order valence-corrected chi connectivity index (χ3v) is 5.10. The predicted octanol–water partition coefficient (Wildman–Crippen LogP) is 1.38. The molecule has 0 aromatic heterocycles. The molecule has 0 bridgehead atoms. The van der Waals surface area contributed by atoms with Crippen LogP contribution in [-0.4, -0.2) is 51.1 Å². The van der Waals surface area contributed by atoms with Crippen molar-refractivity contribution in [3.8, 4) is 11.5 Å². The predicted molar refractivity (Wildman–Crippen MR) is 113 cm³/mol. The average molecular weight is 495 g/mol. The molecule has 0 saturated heterocycles. The number of carbonyl (C=O) groups is 2. The molecule has 0 amide bonds. The maximum Gasteiger partial charge on any atom is 4.00 e. The first-order valence-corrected chi connectivity index (χ1v) is 9.04. The Labute approximate surface area is 202 Å². The van der Waals surface area contributed by atoms with E-state index in [1.54, 1.807) is 27.7 Å². The van der Waals surface area contributed by atoms with Crippen LogP contribution < -0.4 is 10.2 Å². The maximum absolute atomic E-state index is 12.2. The van der Waals surface area contributed by atoms with Crippen LogP contribution in [-0.2, 0) is 24.0 Å². The number of carboxylic acid groups (broad SMARTS) is 2. The Morgan fingerprint density at radius 1 is 0.788 bits per heavy atom. The summed E-state index contributed by atoms with van der Waals surface area (Å²) >= 11 is 0. The number of rotatable bonds is 7. The van der Waals surface area contributed by atoms with E-state index in [0.717, 1.165) is 0 Å².